The summed E-state index contributed by atoms with van der Waals surface area (Å²) < 4.78 is 42.1. The van der Waals surface area contributed by atoms with Crippen molar-refractivity contribution in [2.75, 3.05) is 6.54 Å². The summed E-state index contributed by atoms with van der Waals surface area (Å²) in [5, 5.41) is 2.62. The van der Waals surface area contributed by atoms with Crippen molar-refractivity contribution in [2.45, 2.75) is 25.1 Å². The Kier molecular flexibility index (Phi) is 3.40. The average molecular weight is 260 g/mol. The fourth-order valence-corrected chi connectivity index (χ4v) is 1.62. The van der Waals surface area contributed by atoms with E-state index >= 15 is 0 Å². The molecule has 1 saturated heterocycles. The van der Waals surface area contributed by atoms with E-state index in [0.29, 0.717) is 19.2 Å². The van der Waals surface area contributed by atoms with Gasteiger partial charge in [-0.3, -0.25) is 4.79 Å². The van der Waals surface area contributed by atoms with E-state index in [-0.39, 0.29) is 11.8 Å². The van der Waals surface area contributed by atoms with Crippen molar-refractivity contribution in [1.82, 2.24) is 10.3 Å². The van der Waals surface area contributed by atoms with Crippen molar-refractivity contribution < 1.29 is 22.7 Å². The smallest absolute Gasteiger partial charge is 0.417 e. The van der Waals surface area contributed by atoms with E-state index in [1.807, 2.05) is 0 Å². The molecule has 0 radical (unpaired) electrons. The number of carbonyl (C=O) groups is 1. The quantitative estimate of drug-likeness (QED) is 0.881. The van der Waals surface area contributed by atoms with Gasteiger partial charge in [0.1, 0.15) is 0 Å². The number of rotatable bonds is 2. The Morgan fingerprint density at radius 3 is 2.72 bits per heavy atom. The largest absolute Gasteiger partial charge is 0.464 e. The molecule has 0 unspecified atom stereocenters. The molecule has 0 aliphatic carbocycles. The lowest BCUT2D eigenvalue weighted by Gasteiger charge is -2.22. The van der Waals surface area contributed by atoms with Gasteiger partial charge in [-0.15, -0.1) is 0 Å². The molecule has 0 spiro atoms. The van der Waals surface area contributed by atoms with Crippen LogP contribution in [-0.4, -0.2) is 23.5 Å². The number of halogens is 3. The van der Waals surface area contributed by atoms with Gasteiger partial charge in [0.25, 0.3) is 5.91 Å². The zero-order valence-electron chi connectivity index (χ0n) is 9.33. The molecule has 2 heterocycles. The number of nitrogens with zero attached hydrogens (tertiary/aromatic N) is 1. The summed E-state index contributed by atoms with van der Waals surface area (Å²) in [5.41, 5.74) is -0.844. The Morgan fingerprint density at radius 1 is 1.39 bits per heavy atom. The molecule has 98 valence electrons. The zero-order valence-corrected chi connectivity index (χ0v) is 9.33. The second-order valence-corrected chi connectivity index (χ2v) is 3.92. The molecule has 7 heteroatoms. The molecular weight excluding hydrogens is 249 g/mol. The van der Waals surface area contributed by atoms with Crippen LogP contribution in [-0.2, 0) is 11.0 Å². The van der Waals surface area contributed by atoms with Crippen molar-refractivity contribution in [3.63, 3.8) is 0 Å². The van der Waals surface area contributed by atoms with Crippen molar-refractivity contribution >= 4 is 5.91 Å². The van der Waals surface area contributed by atoms with Crippen molar-refractivity contribution in [3.8, 4) is 5.88 Å². The van der Waals surface area contributed by atoms with Crippen LogP contribution in [0.25, 0.3) is 0 Å². The molecule has 1 aromatic heterocycles. The summed E-state index contributed by atoms with van der Waals surface area (Å²) in [4.78, 5) is 14.9. The van der Waals surface area contributed by atoms with Crippen LogP contribution in [0, 0.1) is 0 Å². The van der Waals surface area contributed by atoms with E-state index in [0.717, 1.165) is 18.6 Å². The van der Waals surface area contributed by atoms with Crippen LogP contribution in [0.15, 0.2) is 18.3 Å². The maximum absolute atomic E-state index is 12.3. The minimum Gasteiger partial charge on any atom is -0.464 e. The molecule has 0 aromatic carbocycles. The molecule has 1 atom stereocenters. The van der Waals surface area contributed by atoms with Gasteiger partial charge in [-0.05, 0) is 18.9 Å². The number of amides is 1. The third-order valence-electron chi connectivity index (χ3n) is 2.56. The summed E-state index contributed by atoms with van der Waals surface area (Å²) in [7, 11) is 0. The van der Waals surface area contributed by atoms with Gasteiger partial charge < -0.3 is 10.1 Å². The van der Waals surface area contributed by atoms with Crippen molar-refractivity contribution in [1.29, 1.82) is 0 Å². The van der Waals surface area contributed by atoms with E-state index in [1.165, 1.54) is 0 Å². The van der Waals surface area contributed by atoms with E-state index in [9.17, 15) is 18.0 Å². The van der Waals surface area contributed by atoms with Crippen LogP contribution in [0.3, 0.4) is 0 Å². The Morgan fingerprint density at radius 2 is 2.17 bits per heavy atom. The Hall–Kier alpha value is -1.79. The monoisotopic (exact) mass is 260 g/mol. The van der Waals surface area contributed by atoms with Crippen LogP contribution >= 0.6 is 0 Å². The van der Waals surface area contributed by atoms with Crippen molar-refractivity contribution in [2.24, 2.45) is 0 Å². The molecule has 1 N–H and O–H groups in total. The van der Waals surface area contributed by atoms with E-state index < -0.39 is 17.8 Å². The molecule has 1 aliphatic rings. The highest BCUT2D eigenvalue weighted by atomic mass is 19.4. The Labute approximate surface area is 101 Å². The summed E-state index contributed by atoms with van der Waals surface area (Å²) in [6.45, 7) is 0.596. The van der Waals surface area contributed by atoms with Gasteiger partial charge >= 0.3 is 6.18 Å². The molecule has 1 fully saturated rings. The van der Waals surface area contributed by atoms with Crippen LogP contribution in [0.1, 0.15) is 18.4 Å². The predicted molar refractivity (Wildman–Crippen MR) is 55.9 cm³/mol. The molecule has 4 nitrogen and oxygen atoms in total. The minimum absolute atomic E-state index is 0.0186. The lowest BCUT2D eigenvalue weighted by atomic mass is 10.1. The number of nitrogens with one attached hydrogen (secondary N) is 1. The second-order valence-electron chi connectivity index (χ2n) is 3.92. The number of ether oxygens (including phenoxy) is 1. The second kappa shape index (κ2) is 4.83. The van der Waals surface area contributed by atoms with Gasteiger partial charge in [0, 0.05) is 18.8 Å². The lowest BCUT2D eigenvalue weighted by molar-refractivity contribution is -0.138. The van der Waals surface area contributed by atoms with Gasteiger partial charge in [-0.2, -0.15) is 13.2 Å². The molecule has 2 rings (SSSR count). The first-order valence-electron chi connectivity index (χ1n) is 5.44. The molecule has 1 aliphatic heterocycles. The zero-order chi connectivity index (χ0) is 13.2. The van der Waals surface area contributed by atoms with Crippen LogP contribution in [0.4, 0.5) is 13.2 Å². The molecular formula is C11H11F3N2O2. The van der Waals surface area contributed by atoms with Crippen LogP contribution in [0.2, 0.25) is 0 Å². The van der Waals surface area contributed by atoms with Crippen LogP contribution < -0.4 is 10.1 Å². The summed E-state index contributed by atoms with van der Waals surface area (Å²) in [6.07, 6.45) is -3.10. The first-order chi connectivity index (χ1) is 8.47. The van der Waals surface area contributed by atoms with Gasteiger partial charge in [0.2, 0.25) is 5.88 Å². The minimum atomic E-state index is -4.42. The number of aromatic nitrogens is 1. The van der Waals surface area contributed by atoms with Gasteiger partial charge in [-0.1, -0.05) is 0 Å². The topological polar surface area (TPSA) is 51.2 Å². The molecule has 18 heavy (non-hydrogen) atoms. The lowest BCUT2D eigenvalue weighted by Crippen LogP contribution is -2.43. The number of piperidine rings is 1. The Balaban J connectivity index is 2.04. The first kappa shape index (κ1) is 12.7. The number of carbonyl (C=O) groups excluding carboxylic acids is 1. The van der Waals surface area contributed by atoms with Gasteiger partial charge in [-0.25, -0.2) is 4.98 Å². The maximum atomic E-state index is 12.3. The predicted octanol–water partition coefficient (Wildman–Crippen LogP) is 1.76. The first-order valence-corrected chi connectivity index (χ1v) is 5.44. The van der Waals surface area contributed by atoms with Crippen LogP contribution in [0.5, 0.6) is 5.88 Å². The third-order valence-corrected chi connectivity index (χ3v) is 2.56. The highest BCUT2D eigenvalue weighted by Crippen LogP contribution is 2.29. The van der Waals surface area contributed by atoms with Gasteiger partial charge in [0.05, 0.1) is 5.56 Å². The fraction of sp³-hybridized carbons (Fsp3) is 0.455. The number of hydrogen-bond donors (Lipinski definition) is 1. The molecule has 1 amide bonds. The third kappa shape index (κ3) is 2.91. The highest BCUT2D eigenvalue weighted by Gasteiger charge is 2.31. The summed E-state index contributed by atoms with van der Waals surface area (Å²) in [6, 6.07) is 1.99. The standard InChI is InChI=1S/C11H11F3N2O2/c12-11(13,14)7-3-4-9(16-6-7)18-8-2-1-5-15-10(8)17/h3-4,6,8H,1-2,5H2,(H,15,17)/t8-/m0/s1. The molecule has 0 bridgehead atoms. The van der Waals surface area contributed by atoms with E-state index in [2.05, 4.69) is 10.3 Å². The Bertz CT molecular complexity index is 431. The number of hydrogen-bond acceptors (Lipinski definition) is 3. The fourth-order valence-electron chi connectivity index (χ4n) is 1.62. The maximum Gasteiger partial charge on any atom is 0.417 e. The number of alkyl halides is 3. The van der Waals surface area contributed by atoms with Crippen molar-refractivity contribution in [3.05, 3.63) is 23.9 Å². The highest BCUT2D eigenvalue weighted by molar-refractivity contribution is 5.81. The van der Waals surface area contributed by atoms with E-state index in [1.54, 1.807) is 0 Å². The molecule has 1 aromatic rings. The summed E-state index contributed by atoms with van der Waals surface area (Å²) >= 11 is 0. The summed E-state index contributed by atoms with van der Waals surface area (Å²) in [5.74, 6) is -0.243. The normalized spacial score (nSPS) is 20.4. The average Bonchev–Trinajstić information content (AvgIpc) is 2.32. The molecule has 0 saturated carbocycles. The van der Waals surface area contributed by atoms with E-state index in [4.69, 9.17) is 4.74 Å². The number of pyridine rings is 1. The van der Waals surface area contributed by atoms with Gasteiger partial charge in [0.15, 0.2) is 6.10 Å². The SMILES string of the molecule is O=C1NCCC[C@@H]1Oc1ccc(C(F)(F)F)cn1.